The third kappa shape index (κ3) is 5.07. The number of carbonyl (C=O) groups excluding carboxylic acids is 3. The number of carbonyl (C=O) groups is 3. The monoisotopic (exact) mass is 390 g/mol. The number of hydrogen-bond donors (Lipinski definition) is 2. The number of anilines is 2. The summed E-state index contributed by atoms with van der Waals surface area (Å²) in [6.45, 7) is 7.34. The minimum atomic E-state index is -0.604. The summed E-state index contributed by atoms with van der Waals surface area (Å²) in [5, 5.41) is 5.55. The van der Waals surface area contributed by atoms with Gasteiger partial charge >= 0.3 is 18.0 Å². The molecule has 1 aromatic carbocycles. The van der Waals surface area contributed by atoms with Crippen LogP contribution in [0.5, 0.6) is 0 Å². The molecule has 1 aromatic heterocycles. The van der Waals surface area contributed by atoms with Gasteiger partial charge in [0.05, 0.1) is 18.8 Å². The molecule has 0 atom stereocenters. The highest BCUT2D eigenvalue weighted by Gasteiger charge is 2.27. The first-order chi connectivity index (χ1) is 12.9. The first-order valence-corrected chi connectivity index (χ1v) is 9.31. The van der Waals surface area contributed by atoms with Crippen LogP contribution in [0.25, 0.3) is 0 Å². The Hall–Kier alpha value is -2.87. The van der Waals surface area contributed by atoms with E-state index >= 15 is 0 Å². The maximum atomic E-state index is 12.3. The molecule has 0 unspecified atom stereocenters. The van der Waals surface area contributed by atoms with Crippen molar-refractivity contribution in [2.45, 2.75) is 27.7 Å². The van der Waals surface area contributed by atoms with Crippen LogP contribution < -0.4 is 10.6 Å². The second kappa shape index (κ2) is 9.18. The Kier molecular flexibility index (Phi) is 6.95. The van der Waals surface area contributed by atoms with Gasteiger partial charge in [-0.3, -0.25) is 5.32 Å². The van der Waals surface area contributed by atoms with Crippen LogP contribution in [0.4, 0.5) is 15.5 Å². The maximum absolute atomic E-state index is 12.3. The molecule has 2 aromatic rings. The SMILES string of the molecule is CCOC(=O)c1sc(NC(=O)Nc2ccc(C)cc2)c(C(=O)OCC)c1C. The number of nitrogens with one attached hydrogen (secondary N) is 2. The van der Waals surface area contributed by atoms with E-state index in [1.807, 2.05) is 19.1 Å². The van der Waals surface area contributed by atoms with Gasteiger partial charge in [-0.15, -0.1) is 11.3 Å². The highest BCUT2D eigenvalue weighted by molar-refractivity contribution is 7.18. The molecule has 2 rings (SSSR count). The van der Waals surface area contributed by atoms with E-state index in [1.54, 1.807) is 32.9 Å². The molecule has 0 aliphatic heterocycles. The molecule has 144 valence electrons. The van der Waals surface area contributed by atoms with Crippen molar-refractivity contribution in [2.24, 2.45) is 0 Å². The van der Waals surface area contributed by atoms with Crippen molar-refractivity contribution in [1.82, 2.24) is 0 Å². The average molecular weight is 390 g/mol. The van der Waals surface area contributed by atoms with Crippen LogP contribution in [0.15, 0.2) is 24.3 Å². The molecule has 0 bridgehead atoms. The number of ether oxygens (including phenoxy) is 2. The van der Waals surface area contributed by atoms with Gasteiger partial charge in [-0.1, -0.05) is 17.7 Å². The van der Waals surface area contributed by atoms with E-state index in [-0.39, 0.29) is 28.7 Å². The van der Waals surface area contributed by atoms with Gasteiger partial charge in [-0.25, -0.2) is 14.4 Å². The summed E-state index contributed by atoms with van der Waals surface area (Å²) in [6, 6.07) is 6.75. The maximum Gasteiger partial charge on any atom is 0.348 e. The summed E-state index contributed by atoms with van der Waals surface area (Å²) in [5.74, 6) is -1.15. The summed E-state index contributed by atoms with van der Waals surface area (Å²) in [7, 11) is 0. The fourth-order valence-electron chi connectivity index (χ4n) is 2.34. The lowest BCUT2D eigenvalue weighted by Crippen LogP contribution is -2.20. The molecular weight excluding hydrogens is 368 g/mol. The molecule has 0 saturated heterocycles. The summed E-state index contributed by atoms with van der Waals surface area (Å²) in [5.41, 5.74) is 2.25. The summed E-state index contributed by atoms with van der Waals surface area (Å²) < 4.78 is 10.1. The smallest absolute Gasteiger partial charge is 0.348 e. The van der Waals surface area contributed by atoms with Gasteiger partial charge in [0.25, 0.3) is 0 Å². The normalized spacial score (nSPS) is 10.2. The minimum Gasteiger partial charge on any atom is -0.462 e. The van der Waals surface area contributed by atoms with Gasteiger partial charge < -0.3 is 14.8 Å². The third-order valence-electron chi connectivity index (χ3n) is 3.62. The van der Waals surface area contributed by atoms with E-state index in [0.29, 0.717) is 11.3 Å². The summed E-state index contributed by atoms with van der Waals surface area (Å²) >= 11 is 0.982. The van der Waals surface area contributed by atoms with Crippen LogP contribution in [0.3, 0.4) is 0 Å². The number of thiophene rings is 1. The molecule has 27 heavy (non-hydrogen) atoms. The first kappa shape index (κ1) is 20.4. The Balaban J connectivity index is 2.28. The van der Waals surface area contributed by atoms with Crippen LogP contribution in [-0.2, 0) is 9.47 Å². The number of esters is 2. The van der Waals surface area contributed by atoms with Gasteiger partial charge in [0.1, 0.15) is 9.88 Å². The summed E-state index contributed by atoms with van der Waals surface area (Å²) in [4.78, 5) is 37.0. The van der Waals surface area contributed by atoms with Gasteiger partial charge in [-0.2, -0.15) is 0 Å². The van der Waals surface area contributed by atoms with Crippen LogP contribution in [0.2, 0.25) is 0 Å². The largest absolute Gasteiger partial charge is 0.462 e. The van der Waals surface area contributed by atoms with Crippen molar-refractivity contribution in [3.63, 3.8) is 0 Å². The molecule has 0 aliphatic rings. The Morgan fingerprint density at radius 2 is 1.52 bits per heavy atom. The number of aryl methyl sites for hydroxylation is 1. The fraction of sp³-hybridized carbons (Fsp3) is 0.316. The molecule has 0 radical (unpaired) electrons. The lowest BCUT2D eigenvalue weighted by molar-refractivity contribution is 0.0527. The van der Waals surface area contributed by atoms with E-state index in [1.165, 1.54) is 0 Å². The van der Waals surface area contributed by atoms with Crippen molar-refractivity contribution in [1.29, 1.82) is 0 Å². The predicted molar refractivity (Wildman–Crippen MR) is 105 cm³/mol. The Morgan fingerprint density at radius 1 is 0.926 bits per heavy atom. The molecule has 0 saturated carbocycles. The van der Waals surface area contributed by atoms with Gasteiger partial charge in [0, 0.05) is 5.69 Å². The Bertz CT molecular complexity index is 843. The molecule has 0 fully saturated rings. The van der Waals surface area contributed by atoms with E-state index in [2.05, 4.69) is 10.6 Å². The lowest BCUT2D eigenvalue weighted by atomic mass is 10.1. The number of urea groups is 1. The average Bonchev–Trinajstić information content (AvgIpc) is 2.93. The third-order valence-corrected chi connectivity index (χ3v) is 4.81. The zero-order chi connectivity index (χ0) is 20.0. The molecule has 0 aliphatic carbocycles. The Morgan fingerprint density at radius 3 is 2.11 bits per heavy atom. The van der Waals surface area contributed by atoms with Gasteiger partial charge in [0.15, 0.2) is 0 Å². The van der Waals surface area contributed by atoms with Crippen molar-refractivity contribution >= 4 is 40.0 Å². The van der Waals surface area contributed by atoms with Crippen LogP contribution in [0, 0.1) is 13.8 Å². The highest BCUT2D eigenvalue weighted by Crippen LogP contribution is 2.34. The highest BCUT2D eigenvalue weighted by atomic mass is 32.1. The number of benzene rings is 1. The molecule has 8 heteroatoms. The van der Waals surface area contributed by atoms with Crippen molar-refractivity contribution in [3.05, 3.63) is 45.8 Å². The van der Waals surface area contributed by atoms with Crippen molar-refractivity contribution in [2.75, 3.05) is 23.8 Å². The molecular formula is C19H22N2O5S. The quantitative estimate of drug-likeness (QED) is 0.715. The molecule has 7 nitrogen and oxygen atoms in total. The molecule has 2 N–H and O–H groups in total. The number of hydrogen-bond acceptors (Lipinski definition) is 6. The summed E-state index contributed by atoms with van der Waals surface area (Å²) in [6.07, 6.45) is 0. The lowest BCUT2D eigenvalue weighted by Gasteiger charge is -2.09. The fourth-order valence-corrected chi connectivity index (χ4v) is 3.43. The standard InChI is InChI=1S/C19H22N2O5S/c1-5-25-17(22)14-12(4)15(18(23)26-6-2)27-16(14)21-19(24)20-13-9-7-11(3)8-10-13/h7-10H,5-6H2,1-4H3,(H2,20,21,24). The van der Waals surface area contributed by atoms with E-state index in [9.17, 15) is 14.4 Å². The predicted octanol–water partition coefficient (Wildman–Crippen LogP) is 4.36. The minimum absolute atomic E-state index is 0.156. The van der Waals surface area contributed by atoms with Gasteiger partial charge in [-0.05, 0) is 45.4 Å². The van der Waals surface area contributed by atoms with Crippen molar-refractivity contribution < 1.29 is 23.9 Å². The Labute approximate surface area is 161 Å². The van der Waals surface area contributed by atoms with Gasteiger partial charge in [0.2, 0.25) is 0 Å². The zero-order valence-corrected chi connectivity index (χ0v) is 16.5. The van der Waals surface area contributed by atoms with E-state index in [4.69, 9.17) is 9.47 Å². The second-order valence-electron chi connectivity index (χ2n) is 5.65. The number of amides is 2. The van der Waals surface area contributed by atoms with E-state index in [0.717, 1.165) is 16.9 Å². The number of rotatable bonds is 6. The molecule has 0 spiro atoms. The van der Waals surface area contributed by atoms with Crippen LogP contribution in [-0.4, -0.2) is 31.2 Å². The van der Waals surface area contributed by atoms with E-state index < -0.39 is 18.0 Å². The second-order valence-corrected chi connectivity index (χ2v) is 6.67. The molecule has 1 heterocycles. The van der Waals surface area contributed by atoms with Crippen LogP contribution >= 0.6 is 11.3 Å². The zero-order valence-electron chi connectivity index (χ0n) is 15.7. The first-order valence-electron chi connectivity index (χ1n) is 8.49. The van der Waals surface area contributed by atoms with Crippen molar-refractivity contribution in [3.8, 4) is 0 Å². The molecule has 2 amide bonds. The van der Waals surface area contributed by atoms with Crippen LogP contribution in [0.1, 0.15) is 45.0 Å². The topological polar surface area (TPSA) is 93.7 Å².